The molecule has 0 fully saturated rings. The Hall–Kier alpha value is -2.89. The van der Waals surface area contributed by atoms with E-state index in [1.807, 2.05) is 0 Å². The van der Waals surface area contributed by atoms with E-state index in [1.54, 1.807) is 45.0 Å². The van der Waals surface area contributed by atoms with Crippen molar-refractivity contribution in [3.63, 3.8) is 0 Å². The number of hydrogen-bond donors (Lipinski definition) is 1. The van der Waals surface area contributed by atoms with Crippen LogP contribution in [-0.4, -0.2) is 24.6 Å². The quantitative estimate of drug-likeness (QED) is 0.792. The van der Waals surface area contributed by atoms with E-state index in [1.165, 1.54) is 25.3 Å². The van der Waals surface area contributed by atoms with Crippen LogP contribution in [-0.2, 0) is 11.2 Å². The summed E-state index contributed by atoms with van der Waals surface area (Å²) in [6.07, 6.45) is -0.635. The summed E-state index contributed by atoms with van der Waals surface area (Å²) in [5.74, 6) is -0.211. The second-order valence-electron chi connectivity index (χ2n) is 6.76. The van der Waals surface area contributed by atoms with Crippen LogP contribution >= 0.6 is 0 Å². The van der Waals surface area contributed by atoms with E-state index in [0.29, 0.717) is 17.0 Å². The molecule has 0 saturated heterocycles. The number of benzene rings is 2. The number of halogens is 1. The first kappa shape index (κ1) is 19.4. The Morgan fingerprint density at radius 2 is 1.85 bits per heavy atom. The number of methoxy groups -OCH3 is 1. The summed E-state index contributed by atoms with van der Waals surface area (Å²) in [6, 6.07) is 10.5. The summed E-state index contributed by atoms with van der Waals surface area (Å²) in [6.45, 7) is 5.27. The molecule has 138 valence electrons. The third-order valence-electron chi connectivity index (χ3n) is 3.45. The molecule has 5 nitrogen and oxygen atoms in total. The summed E-state index contributed by atoms with van der Waals surface area (Å²) in [7, 11) is 1.50. The van der Waals surface area contributed by atoms with Gasteiger partial charge in [0, 0.05) is 18.1 Å². The lowest BCUT2D eigenvalue weighted by Gasteiger charge is -2.20. The Labute approximate surface area is 152 Å². The van der Waals surface area contributed by atoms with Gasteiger partial charge in [0.05, 0.1) is 12.8 Å². The van der Waals surface area contributed by atoms with E-state index in [2.05, 4.69) is 5.32 Å². The van der Waals surface area contributed by atoms with Gasteiger partial charge in [-0.25, -0.2) is 9.18 Å². The fourth-order valence-corrected chi connectivity index (χ4v) is 2.30. The van der Waals surface area contributed by atoms with Crippen molar-refractivity contribution in [3.8, 4) is 5.75 Å². The number of rotatable bonds is 5. The van der Waals surface area contributed by atoms with Crippen LogP contribution in [0.25, 0.3) is 0 Å². The van der Waals surface area contributed by atoms with Crippen molar-refractivity contribution in [1.82, 2.24) is 0 Å². The minimum atomic E-state index is -0.652. The zero-order chi connectivity index (χ0) is 19.3. The van der Waals surface area contributed by atoms with Gasteiger partial charge in [-0.15, -0.1) is 0 Å². The van der Waals surface area contributed by atoms with Gasteiger partial charge in [-0.3, -0.25) is 10.1 Å². The summed E-state index contributed by atoms with van der Waals surface area (Å²) in [4.78, 5) is 24.5. The van der Waals surface area contributed by atoms with Crippen LogP contribution in [0, 0.1) is 5.82 Å². The molecule has 0 radical (unpaired) electrons. The van der Waals surface area contributed by atoms with Gasteiger partial charge in [0.1, 0.15) is 17.2 Å². The molecule has 1 N–H and O–H groups in total. The number of carbonyl (C=O) groups excluding carboxylic acids is 2. The maximum atomic E-state index is 13.3. The van der Waals surface area contributed by atoms with Crippen LogP contribution in [0.15, 0.2) is 42.5 Å². The van der Waals surface area contributed by atoms with Crippen molar-refractivity contribution in [2.24, 2.45) is 0 Å². The van der Waals surface area contributed by atoms with E-state index < -0.39 is 17.5 Å². The van der Waals surface area contributed by atoms with Crippen molar-refractivity contribution in [3.05, 3.63) is 59.4 Å². The molecule has 0 bridgehead atoms. The van der Waals surface area contributed by atoms with Gasteiger partial charge in [0.25, 0.3) is 0 Å². The van der Waals surface area contributed by atoms with Crippen LogP contribution < -0.4 is 10.1 Å². The number of ether oxygens (including phenoxy) is 2. The number of hydrogen-bond acceptors (Lipinski definition) is 4. The monoisotopic (exact) mass is 359 g/mol. The molecule has 1 amide bonds. The second-order valence-corrected chi connectivity index (χ2v) is 6.76. The summed E-state index contributed by atoms with van der Waals surface area (Å²) >= 11 is 0. The molecule has 2 aromatic rings. The summed E-state index contributed by atoms with van der Waals surface area (Å²) in [5.41, 5.74) is 0.596. The highest BCUT2D eigenvalue weighted by Crippen LogP contribution is 2.25. The molecule has 0 aliphatic heterocycles. The molecule has 2 rings (SSSR count). The highest BCUT2D eigenvalue weighted by molar-refractivity contribution is 5.99. The van der Waals surface area contributed by atoms with Crippen LogP contribution in [0.5, 0.6) is 5.75 Å². The van der Waals surface area contributed by atoms with Gasteiger partial charge in [-0.05, 0) is 44.5 Å². The van der Waals surface area contributed by atoms with Crippen molar-refractivity contribution >= 4 is 17.6 Å². The molecule has 0 atom stereocenters. The molecule has 0 unspecified atom stereocenters. The number of ketones is 1. The number of carbonyl (C=O) groups is 2. The zero-order valence-corrected chi connectivity index (χ0v) is 15.3. The Bertz CT molecular complexity index is 812. The van der Waals surface area contributed by atoms with Crippen molar-refractivity contribution in [1.29, 1.82) is 0 Å². The largest absolute Gasteiger partial charge is 0.497 e. The molecular weight excluding hydrogens is 337 g/mol. The molecule has 6 heteroatoms. The molecule has 2 aromatic carbocycles. The first-order valence-electron chi connectivity index (χ1n) is 8.13. The van der Waals surface area contributed by atoms with Crippen LogP contribution in [0.4, 0.5) is 14.9 Å². The van der Waals surface area contributed by atoms with Crippen LogP contribution in [0.1, 0.15) is 36.7 Å². The fourth-order valence-electron chi connectivity index (χ4n) is 2.30. The normalized spacial score (nSPS) is 11.0. The minimum absolute atomic E-state index is 0.00141. The van der Waals surface area contributed by atoms with E-state index in [-0.39, 0.29) is 17.8 Å². The molecule has 26 heavy (non-hydrogen) atoms. The number of amides is 1. The average molecular weight is 359 g/mol. The molecule has 0 aromatic heterocycles. The fraction of sp³-hybridized carbons (Fsp3) is 0.300. The van der Waals surface area contributed by atoms with Gasteiger partial charge in [-0.2, -0.15) is 0 Å². The van der Waals surface area contributed by atoms with E-state index in [0.717, 1.165) is 0 Å². The first-order chi connectivity index (χ1) is 12.2. The van der Waals surface area contributed by atoms with Crippen molar-refractivity contribution in [2.75, 3.05) is 12.4 Å². The third kappa shape index (κ3) is 5.58. The maximum Gasteiger partial charge on any atom is 0.412 e. The van der Waals surface area contributed by atoms with E-state index in [9.17, 15) is 14.0 Å². The first-order valence-corrected chi connectivity index (χ1v) is 8.13. The lowest BCUT2D eigenvalue weighted by molar-refractivity contribution is 0.0635. The lowest BCUT2D eigenvalue weighted by atomic mass is 10.0. The highest BCUT2D eigenvalue weighted by Gasteiger charge is 2.19. The van der Waals surface area contributed by atoms with Crippen molar-refractivity contribution in [2.45, 2.75) is 32.8 Å². The van der Waals surface area contributed by atoms with E-state index in [4.69, 9.17) is 9.47 Å². The molecule has 0 aliphatic carbocycles. The topological polar surface area (TPSA) is 64.6 Å². The molecule has 0 aliphatic rings. The SMILES string of the molecule is COc1ccc(CC(=O)c2cccc(F)c2)c(NC(=O)OC(C)(C)C)c1. The standard InChI is InChI=1S/C20H22FNO4/c1-20(2,3)26-19(24)22-17-12-16(25-4)9-8-13(17)11-18(23)14-6-5-7-15(21)10-14/h5-10,12H,11H2,1-4H3,(H,22,24). The maximum absolute atomic E-state index is 13.3. The Kier molecular flexibility index (Phi) is 5.97. The number of Topliss-reactive ketones (excluding diaryl/α,β-unsaturated/α-hetero) is 1. The summed E-state index contributed by atoms with van der Waals surface area (Å²) in [5, 5.41) is 2.64. The third-order valence-corrected chi connectivity index (χ3v) is 3.45. The van der Waals surface area contributed by atoms with Gasteiger partial charge in [0.2, 0.25) is 0 Å². The Morgan fingerprint density at radius 1 is 1.12 bits per heavy atom. The van der Waals surface area contributed by atoms with Crippen LogP contribution in [0.3, 0.4) is 0 Å². The Balaban J connectivity index is 2.24. The lowest BCUT2D eigenvalue weighted by Crippen LogP contribution is -2.27. The van der Waals surface area contributed by atoms with Gasteiger partial charge in [0.15, 0.2) is 5.78 Å². The van der Waals surface area contributed by atoms with E-state index >= 15 is 0 Å². The number of anilines is 1. The predicted molar refractivity (Wildman–Crippen MR) is 97.3 cm³/mol. The highest BCUT2D eigenvalue weighted by atomic mass is 19.1. The molecular formula is C20H22FNO4. The minimum Gasteiger partial charge on any atom is -0.497 e. The van der Waals surface area contributed by atoms with Gasteiger partial charge < -0.3 is 9.47 Å². The van der Waals surface area contributed by atoms with Crippen LogP contribution in [0.2, 0.25) is 0 Å². The zero-order valence-electron chi connectivity index (χ0n) is 15.3. The average Bonchev–Trinajstić information content (AvgIpc) is 2.54. The van der Waals surface area contributed by atoms with Gasteiger partial charge >= 0.3 is 6.09 Å². The smallest absolute Gasteiger partial charge is 0.412 e. The summed E-state index contributed by atoms with van der Waals surface area (Å²) < 4.78 is 23.8. The Morgan fingerprint density at radius 3 is 2.46 bits per heavy atom. The molecule has 0 heterocycles. The number of nitrogens with one attached hydrogen (secondary N) is 1. The molecule has 0 saturated carbocycles. The second kappa shape index (κ2) is 7.99. The predicted octanol–water partition coefficient (Wildman–Crippen LogP) is 4.61. The van der Waals surface area contributed by atoms with Gasteiger partial charge in [-0.1, -0.05) is 18.2 Å². The van der Waals surface area contributed by atoms with Crippen molar-refractivity contribution < 1.29 is 23.5 Å². The molecule has 0 spiro atoms.